The Balaban J connectivity index is 2.06. The van der Waals surface area contributed by atoms with Gasteiger partial charge in [-0.3, -0.25) is 0 Å². The summed E-state index contributed by atoms with van der Waals surface area (Å²) >= 11 is 0. The Morgan fingerprint density at radius 3 is 2.48 bits per heavy atom. The summed E-state index contributed by atoms with van der Waals surface area (Å²) in [5, 5.41) is 3.50. The van der Waals surface area contributed by atoms with E-state index in [1.165, 1.54) is 31.2 Å². The largest absolute Gasteiger partial charge is 0.490 e. The molecule has 0 saturated heterocycles. The van der Waals surface area contributed by atoms with E-state index in [-0.39, 0.29) is 5.54 Å². The molecule has 1 aromatic carbocycles. The molecule has 0 unspecified atom stereocenters. The highest BCUT2D eigenvalue weighted by Gasteiger charge is 2.19. The van der Waals surface area contributed by atoms with Crippen LogP contribution < -0.4 is 14.8 Å². The maximum atomic E-state index is 6.11. The van der Waals surface area contributed by atoms with Crippen molar-refractivity contribution in [3.8, 4) is 11.5 Å². The van der Waals surface area contributed by atoms with Crippen LogP contribution in [0.1, 0.15) is 58.9 Å². The predicted octanol–water partition coefficient (Wildman–Crippen LogP) is 4.29. The molecule has 0 radical (unpaired) electrons. The van der Waals surface area contributed by atoms with Crippen molar-refractivity contribution in [3.63, 3.8) is 0 Å². The maximum Gasteiger partial charge on any atom is 0.161 e. The molecule has 118 valence electrons. The van der Waals surface area contributed by atoms with Crippen LogP contribution in [0.4, 0.5) is 0 Å². The van der Waals surface area contributed by atoms with Gasteiger partial charge in [-0.05, 0) is 71.1 Å². The lowest BCUT2D eigenvalue weighted by molar-refractivity contribution is 0.196. The zero-order valence-corrected chi connectivity index (χ0v) is 13.9. The van der Waals surface area contributed by atoms with Crippen LogP contribution in [0.15, 0.2) is 18.2 Å². The van der Waals surface area contributed by atoms with Crippen LogP contribution in [0.5, 0.6) is 11.5 Å². The third kappa shape index (κ3) is 5.24. The maximum absolute atomic E-state index is 6.11. The van der Waals surface area contributed by atoms with Gasteiger partial charge in [0.15, 0.2) is 11.5 Å². The van der Waals surface area contributed by atoms with Crippen LogP contribution in [0, 0.1) is 0 Å². The van der Waals surface area contributed by atoms with Gasteiger partial charge in [0.2, 0.25) is 0 Å². The summed E-state index contributed by atoms with van der Waals surface area (Å²) in [4.78, 5) is 0. The Hall–Kier alpha value is -1.22. The van der Waals surface area contributed by atoms with Crippen LogP contribution in [0.3, 0.4) is 0 Å². The molecule has 1 aliphatic rings. The number of rotatable bonds is 6. The molecule has 1 aliphatic carbocycles. The van der Waals surface area contributed by atoms with E-state index in [0.29, 0.717) is 12.7 Å². The SMILES string of the molecule is CCOc1cc(CNC(C)(C)C)ccc1OC1CCCC1. The Morgan fingerprint density at radius 2 is 1.86 bits per heavy atom. The summed E-state index contributed by atoms with van der Waals surface area (Å²) in [5.74, 6) is 1.76. The summed E-state index contributed by atoms with van der Waals surface area (Å²) in [6.07, 6.45) is 5.25. The average molecular weight is 291 g/mol. The fourth-order valence-corrected chi connectivity index (χ4v) is 2.58. The zero-order chi connectivity index (χ0) is 15.3. The molecule has 1 saturated carbocycles. The lowest BCUT2D eigenvalue weighted by Crippen LogP contribution is -2.35. The van der Waals surface area contributed by atoms with Gasteiger partial charge in [0, 0.05) is 12.1 Å². The molecule has 3 nitrogen and oxygen atoms in total. The molecule has 1 N–H and O–H groups in total. The highest BCUT2D eigenvalue weighted by Crippen LogP contribution is 2.32. The lowest BCUT2D eigenvalue weighted by atomic mass is 10.1. The topological polar surface area (TPSA) is 30.5 Å². The molecule has 0 aliphatic heterocycles. The summed E-state index contributed by atoms with van der Waals surface area (Å²) in [7, 11) is 0. The molecule has 0 amide bonds. The number of nitrogens with one attached hydrogen (secondary N) is 1. The fourth-order valence-electron chi connectivity index (χ4n) is 2.58. The van der Waals surface area contributed by atoms with Crippen LogP contribution in [-0.4, -0.2) is 18.2 Å². The number of benzene rings is 1. The van der Waals surface area contributed by atoms with Gasteiger partial charge in [-0.15, -0.1) is 0 Å². The predicted molar refractivity (Wildman–Crippen MR) is 87.1 cm³/mol. The van der Waals surface area contributed by atoms with Crippen molar-refractivity contribution >= 4 is 0 Å². The van der Waals surface area contributed by atoms with Crippen LogP contribution in [0.25, 0.3) is 0 Å². The Morgan fingerprint density at radius 1 is 1.14 bits per heavy atom. The smallest absolute Gasteiger partial charge is 0.161 e. The molecule has 0 atom stereocenters. The average Bonchev–Trinajstić information content (AvgIpc) is 2.91. The van der Waals surface area contributed by atoms with Gasteiger partial charge in [0.05, 0.1) is 12.7 Å². The molecule has 21 heavy (non-hydrogen) atoms. The minimum absolute atomic E-state index is 0.116. The normalized spacial score (nSPS) is 16.2. The van der Waals surface area contributed by atoms with Gasteiger partial charge in [-0.2, -0.15) is 0 Å². The molecule has 1 aromatic rings. The highest BCUT2D eigenvalue weighted by molar-refractivity contribution is 5.43. The molecule has 2 rings (SSSR count). The van der Waals surface area contributed by atoms with E-state index >= 15 is 0 Å². The Kier molecular flexibility index (Phi) is 5.51. The summed E-state index contributed by atoms with van der Waals surface area (Å²) in [5.41, 5.74) is 1.34. The summed E-state index contributed by atoms with van der Waals surface area (Å²) in [6, 6.07) is 6.29. The molecule has 0 spiro atoms. The van der Waals surface area contributed by atoms with Crippen molar-refractivity contribution in [3.05, 3.63) is 23.8 Å². The first kappa shape index (κ1) is 16.2. The van der Waals surface area contributed by atoms with E-state index in [4.69, 9.17) is 9.47 Å². The third-order valence-electron chi connectivity index (χ3n) is 3.73. The fraction of sp³-hybridized carbons (Fsp3) is 0.667. The van der Waals surface area contributed by atoms with Crippen molar-refractivity contribution in [1.29, 1.82) is 0 Å². The Labute approximate surface area is 129 Å². The molecule has 0 bridgehead atoms. The lowest BCUT2D eigenvalue weighted by Gasteiger charge is -2.21. The van der Waals surface area contributed by atoms with Crippen molar-refractivity contribution in [2.24, 2.45) is 0 Å². The van der Waals surface area contributed by atoms with Crippen LogP contribution >= 0.6 is 0 Å². The highest BCUT2D eigenvalue weighted by atomic mass is 16.5. The molecule has 0 aromatic heterocycles. The van der Waals surface area contributed by atoms with Gasteiger partial charge < -0.3 is 14.8 Å². The number of ether oxygens (including phenoxy) is 2. The standard InChI is InChI=1S/C18H29NO2/c1-5-20-17-12-14(13-19-18(2,3)4)10-11-16(17)21-15-8-6-7-9-15/h10-12,15,19H,5-9,13H2,1-4H3. The third-order valence-corrected chi connectivity index (χ3v) is 3.73. The second-order valence-electron chi connectivity index (χ2n) is 6.84. The molecule has 3 heteroatoms. The molecular weight excluding hydrogens is 262 g/mol. The zero-order valence-electron chi connectivity index (χ0n) is 13.9. The summed E-state index contributed by atoms with van der Waals surface area (Å²) in [6.45, 7) is 10.0. The number of hydrogen-bond acceptors (Lipinski definition) is 3. The van der Waals surface area contributed by atoms with Gasteiger partial charge in [0.1, 0.15) is 0 Å². The first-order chi connectivity index (χ1) is 9.98. The molecule has 1 fully saturated rings. The second-order valence-corrected chi connectivity index (χ2v) is 6.84. The first-order valence-corrected chi connectivity index (χ1v) is 8.15. The van der Waals surface area contributed by atoms with E-state index in [0.717, 1.165) is 18.0 Å². The number of hydrogen-bond donors (Lipinski definition) is 1. The minimum Gasteiger partial charge on any atom is -0.490 e. The van der Waals surface area contributed by atoms with E-state index < -0.39 is 0 Å². The van der Waals surface area contributed by atoms with Crippen molar-refractivity contribution in [2.75, 3.05) is 6.61 Å². The van der Waals surface area contributed by atoms with Gasteiger partial charge in [0.25, 0.3) is 0 Å². The minimum atomic E-state index is 0.116. The second kappa shape index (κ2) is 7.17. The van der Waals surface area contributed by atoms with E-state index in [9.17, 15) is 0 Å². The quantitative estimate of drug-likeness (QED) is 0.848. The van der Waals surface area contributed by atoms with Gasteiger partial charge >= 0.3 is 0 Å². The Bertz CT molecular complexity index is 445. The van der Waals surface area contributed by atoms with Crippen LogP contribution in [-0.2, 0) is 6.54 Å². The monoisotopic (exact) mass is 291 g/mol. The summed E-state index contributed by atoms with van der Waals surface area (Å²) < 4.78 is 11.9. The van der Waals surface area contributed by atoms with Crippen molar-refractivity contribution in [1.82, 2.24) is 5.32 Å². The van der Waals surface area contributed by atoms with E-state index in [2.05, 4.69) is 44.3 Å². The first-order valence-electron chi connectivity index (χ1n) is 8.15. The molecular formula is C18H29NO2. The molecule has 0 heterocycles. The van der Waals surface area contributed by atoms with Crippen molar-refractivity contribution in [2.45, 2.75) is 71.6 Å². The van der Waals surface area contributed by atoms with E-state index in [1.807, 2.05) is 6.92 Å². The van der Waals surface area contributed by atoms with E-state index in [1.54, 1.807) is 0 Å². The van der Waals surface area contributed by atoms with Gasteiger partial charge in [-0.1, -0.05) is 6.07 Å². The van der Waals surface area contributed by atoms with Gasteiger partial charge in [-0.25, -0.2) is 0 Å². The van der Waals surface area contributed by atoms with Crippen LogP contribution in [0.2, 0.25) is 0 Å². The van der Waals surface area contributed by atoms with Crippen molar-refractivity contribution < 1.29 is 9.47 Å².